The molecule has 3 rings (SSSR count). The summed E-state index contributed by atoms with van der Waals surface area (Å²) in [5.74, 6) is 0.877. The highest BCUT2D eigenvalue weighted by Gasteiger charge is 2.24. The minimum atomic E-state index is -0.0344. The molecule has 0 fully saturated rings. The number of carbonyl (C=O) groups excluding carboxylic acids is 1. The fourth-order valence-corrected chi connectivity index (χ4v) is 2.93. The molecule has 1 aromatic heterocycles. The van der Waals surface area contributed by atoms with Crippen molar-refractivity contribution in [1.29, 1.82) is 5.26 Å². The maximum absolute atomic E-state index is 12.9. The molecule has 0 bridgehead atoms. The highest BCUT2D eigenvalue weighted by Crippen LogP contribution is 2.23. The number of nitrogens with zero attached hydrogens (tertiary/aromatic N) is 4. The number of hydrogen-bond donors (Lipinski definition) is 0. The third kappa shape index (κ3) is 3.78. The number of fused-ring (bicyclic) bond motifs is 1. The fourth-order valence-electron chi connectivity index (χ4n) is 2.93. The van der Waals surface area contributed by atoms with Crippen molar-refractivity contribution in [1.82, 2.24) is 9.88 Å². The van der Waals surface area contributed by atoms with Crippen molar-refractivity contribution in [2.24, 2.45) is 0 Å². The summed E-state index contributed by atoms with van der Waals surface area (Å²) in [6.45, 7) is 3.18. The topological polar surface area (TPSA) is 69.5 Å². The van der Waals surface area contributed by atoms with Gasteiger partial charge in [-0.1, -0.05) is 6.07 Å². The van der Waals surface area contributed by atoms with E-state index in [0.717, 1.165) is 17.9 Å². The Morgan fingerprint density at radius 2 is 2.08 bits per heavy atom. The first-order valence-electron chi connectivity index (χ1n) is 8.20. The molecule has 1 aliphatic rings. The summed E-state index contributed by atoms with van der Waals surface area (Å²) < 4.78 is 5.19. The summed E-state index contributed by atoms with van der Waals surface area (Å²) in [6, 6.07) is 12.7. The molecular weight excluding hydrogens is 316 g/mol. The molecule has 6 nitrogen and oxygen atoms in total. The van der Waals surface area contributed by atoms with Gasteiger partial charge in [0, 0.05) is 50.6 Å². The predicted octanol–water partition coefficient (Wildman–Crippen LogP) is 2.06. The SMILES string of the molecule is COCCN1CCN(C(=O)c2ccc(C#N)cc2)Cc2cccnc21. The quantitative estimate of drug-likeness (QED) is 0.855. The summed E-state index contributed by atoms with van der Waals surface area (Å²) in [5, 5.41) is 8.89. The van der Waals surface area contributed by atoms with Gasteiger partial charge in [0.05, 0.1) is 18.2 Å². The minimum Gasteiger partial charge on any atom is -0.383 e. The lowest BCUT2D eigenvalue weighted by atomic mass is 10.1. The Labute approximate surface area is 147 Å². The minimum absolute atomic E-state index is 0.0344. The van der Waals surface area contributed by atoms with Gasteiger partial charge in [-0.3, -0.25) is 4.79 Å². The molecule has 0 saturated heterocycles. The monoisotopic (exact) mass is 336 g/mol. The number of rotatable bonds is 4. The van der Waals surface area contributed by atoms with E-state index in [0.29, 0.717) is 37.4 Å². The summed E-state index contributed by atoms with van der Waals surface area (Å²) >= 11 is 0. The predicted molar refractivity (Wildman–Crippen MR) is 94.2 cm³/mol. The number of carbonyl (C=O) groups is 1. The third-order valence-corrected chi connectivity index (χ3v) is 4.28. The van der Waals surface area contributed by atoms with E-state index in [1.807, 2.05) is 17.0 Å². The second kappa shape index (κ2) is 7.77. The Hall–Kier alpha value is -2.91. The van der Waals surface area contributed by atoms with Crippen LogP contribution in [0.5, 0.6) is 0 Å². The van der Waals surface area contributed by atoms with E-state index in [9.17, 15) is 4.79 Å². The van der Waals surface area contributed by atoms with Crippen LogP contribution in [0.25, 0.3) is 0 Å². The molecule has 128 valence electrons. The lowest BCUT2D eigenvalue weighted by Crippen LogP contribution is -2.36. The molecule has 2 heterocycles. The second-order valence-electron chi connectivity index (χ2n) is 5.88. The number of benzene rings is 1. The molecule has 0 N–H and O–H groups in total. The summed E-state index contributed by atoms with van der Waals surface area (Å²) in [7, 11) is 1.68. The zero-order valence-electron chi connectivity index (χ0n) is 14.2. The Morgan fingerprint density at radius 1 is 1.28 bits per heavy atom. The molecule has 0 atom stereocenters. The Bertz CT molecular complexity index is 783. The average Bonchev–Trinajstić information content (AvgIpc) is 2.85. The van der Waals surface area contributed by atoms with Crippen LogP contribution in [0, 0.1) is 11.3 Å². The molecule has 25 heavy (non-hydrogen) atoms. The lowest BCUT2D eigenvalue weighted by Gasteiger charge is -2.23. The first kappa shape index (κ1) is 16.9. The van der Waals surface area contributed by atoms with Crippen LogP contribution in [-0.2, 0) is 11.3 Å². The first-order chi connectivity index (χ1) is 12.2. The van der Waals surface area contributed by atoms with Crippen LogP contribution in [0.3, 0.4) is 0 Å². The van der Waals surface area contributed by atoms with Crippen LogP contribution in [0.2, 0.25) is 0 Å². The highest BCUT2D eigenvalue weighted by molar-refractivity contribution is 5.94. The second-order valence-corrected chi connectivity index (χ2v) is 5.88. The molecule has 0 saturated carbocycles. The first-order valence-corrected chi connectivity index (χ1v) is 8.20. The van der Waals surface area contributed by atoms with Crippen molar-refractivity contribution in [3.05, 3.63) is 59.3 Å². The number of amides is 1. The van der Waals surface area contributed by atoms with Gasteiger partial charge in [0.25, 0.3) is 5.91 Å². The van der Waals surface area contributed by atoms with Gasteiger partial charge >= 0.3 is 0 Å². The Balaban J connectivity index is 1.82. The average molecular weight is 336 g/mol. The molecule has 0 aliphatic carbocycles. The number of hydrogen-bond acceptors (Lipinski definition) is 5. The van der Waals surface area contributed by atoms with Crippen LogP contribution >= 0.6 is 0 Å². The van der Waals surface area contributed by atoms with Crippen molar-refractivity contribution in [2.75, 3.05) is 38.3 Å². The van der Waals surface area contributed by atoms with Crippen LogP contribution < -0.4 is 4.90 Å². The molecule has 2 aromatic rings. The van der Waals surface area contributed by atoms with E-state index < -0.39 is 0 Å². The van der Waals surface area contributed by atoms with Gasteiger partial charge in [0.15, 0.2) is 0 Å². The van der Waals surface area contributed by atoms with E-state index in [4.69, 9.17) is 10.00 Å². The molecule has 0 radical (unpaired) electrons. The summed E-state index contributed by atoms with van der Waals surface area (Å²) in [6.07, 6.45) is 1.77. The van der Waals surface area contributed by atoms with E-state index in [-0.39, 0.29) is 5.91 Å². The van der Waals surface area contributed by atoms with Gasteiger partial charge in [-0.25, -0.2) is 4.98 Å². The van der Waals surface area contributed by atoms with E-state index in [2.05, 4.69) is 16.0 Å². The van der Waals surface area contributed by atoms with Gasteiger partial charge in [0.2, 0.25) is 0 Å². The molecule has 6 heteroatoms. The summed E-state index contributed by atoms with van der Waals surface area (Å²) in [4.78, 5) is 21.3. The maximum Gasteiger partial charge on any atom is 0.254 e. The van der Waals surface area contributed by atoms with Gasteiger partial charge in [-0.15, -0.1) is 0 Å². The zero-order chi connectivity index (χ0) is 17.6. The normalized spacial score (nSPS) is 13.8. The lowest BCUT2D eigenvalue weighted by molar-refractivity contribution is 0.0751. The van der Waals surface area contributed by atoms with Gasteiger partial charge < -0.3 is 14.5 Å². The van der Waals surface area contributed by atoms with E-state index in [1.165, 1.54) is 0 Å². The highest BCUT2D eigenvalue weighted by atomic mass is 16.5. The van der Waals surface area contributed by atoms with Crippen LogP contribution in [0.15, 0.2) is 42.6 Å². The van der Waals surface area contributed by atoms with Crippen molar-refractivity contribution in [3.8, 4) is 6.07 Å². The number of anilines is 1. The smallest absolute Gasteiger partial charge is 0.254 e. The molecule has 0 unspecified atom stereocenters. The largest absolute Gasteiger partial charge is 0.383 e. The van der Waals surface area contributed by atoms with Crippen molar-refractivity contribution < 1.29 is 9.53 Å². The molecule has 0 spiro atoms. The zero-order valence-corrected chi connectivity index (χ0v) is 14.2. The van der Waals surface area contributed by atoms with Gasteiger partial charge in [-0.2, -0.15) is 5.26 Å². The summed E-state index contributed by atoms with van der Waals surface area (Å²) in [5.41, 5.74) is 2.17. The van der Waals surface area contributed by atoms with E-state index in [1.54, 1.807) is 37.6 Å². The molecular formula is C19H20N4O2. The van der Waals surface area contributed by atoms with Crippen molar-refractivity contribution in [2.45, 2.75) is 6.54 Å². The molecule has 1 aliphatic heterocycles. The molecule has 1 amide bonds. The van der Waals surface area contributed by atoms with E-state index >= 15 is 0 Å². The third-order valence-electron chi connectivity index (χ3n) is 4.28. The number of pyridine rings is 1. The fraction of sp³-hybridized carbons (Fsp3) is 0.316. The van der Waals surface area contributed by atoms with Crippen molar-refractivity contribution >= 4 is 11.7 Å². The van der Waals surface area contributed by atoms with Crippen LogP contribution in [-0.4, -0.2) is 49.1 Å². The van der Waals surface area contributed by atoms with Crippen LogP contribution in [0.1, 0.15) is 21.5 Å². The number of ether oxygens (including phenoxy) is 1. The number of nitriles is 1. The molecule has 1 aromatic carbocycles. The Kier molecular flexibility index (Phi) is 5.26. The Morgan fingerprint density at radius 3 is 2.80 bits per heavy atom. The maximum atomic E-state index is 12.9. The van der Waals surface area contributed by atoms with Crippen LogP contribution in [0.4, 0.5) is 5.82 Å². The van der Waals surface area contributed by atoms with Crippen molar-refractivity contribution in [3.63, 3.8) is 0 Å². The standard InChI is InChI=1S/C19H20N4O2/c1-25-12-11-22-9-10-23(14-17-3-2-8-21-18(17)22)19(24)16-6-4-15(13-20)5-7-16/h2-8H,9-12,14H2,1H3. The van der Waals surface area contributed by atoms with Gasteiger partial charge in [0.1, 0.15) is 5.82 Å². The van der Waals surface area contributed by atoms with Gasteiger partial charge in [-0.05, 0) is 30.3 Å². The number of aromatic nitrogens is 1. The number of methoxy groups -OCH3 is 1.